The lowest BCUT2D eigenvalue weighted by molar-refractivity contribution is 0.300. The predicted octanol–water partition coefficient (Wildman–Crippen LogP) is 4.16. The standard InChI is InChI=1S/C22H24FN3O/c23-19-6-8-21(9-7-19)27-16-20-14-22(25-24-20)18-11-13-26(15-18)12-10-17-4-2-1-3-5-17/h1-9,14,18H,10-13,15-16H2,(H,24,25). The SMILES string of the molecule is Fc1ccc(OCc2cc(C3CCN(CCc4ccccc4)C3)n[nH]2)cc1. The van der Waals surface area contributed by atoms with Gasteiger partial charge in [0.25, 0.3) is 0 Å². The van der Waals surface area contributed by atoms with E-state index >= 15 is 0 Å². The highest BCUT2D eigenvalue weighted by atomic mass is 19.1. The lowest BCUT2D eigenvalue weighted by Gasteiger charge is -2.15. The molecule has 1 aliphatic heterocycles. The highest BCUT2D eigenvalue weighted by Gasteiger charge is 2.25. The van der Waals surface area contributed by atoms with E-state index in [0.29, 0.717) is 18.3 Å². The lowest BCUT2D eigenvalue weighted by atomic mass is 10.1. The number of hydrogen-bond acceptors (Lipinski definition) is 3. The van der Waals surface area contributed by atoms with Crippen LogP contribution in [0.15, 0.2) is 60.7 Å². The summed E-state index contributed by atoms with van der Waals surface area (Å²) in [6, 6.07) is 18.8. The van der Waals surface area contributed by atoms with E-state index in [0.717, 1.165) is 43.9 Å². The maximum atomic E-state index is 12.9. The maximum Gasteiger partial charge on any atom is 0.130 e. The van der Waals surface area contributed by atoms with Crippen molar-refractivity contribution in [2.24, 2.45) is 0 Å². The first kappa shape index (κ1) is 17.7. The van der Waals surface area contributed by atoms with Gasteiger partial charge in [0.05, 0.1) is 11.4 Å². The Morgan fingerprint density at radius 2 is 1.93 bits per heavy atom. The van der Waals surface area contributed by atoms with Gasteiger partial charge in [0, 0.05) is 19.0 Å². The second-order valence-corrected chi connectivity index (χ2v) is 7.08. The molecule has 1 unspecified atom stereocenters. The van der Waals surface area contributed by atoms with Gasteiger partial charge < -0.3 is 9.64 Å². The number of likely N-dealkylation sites (tertiary alicyclic amines) is 1. The first-order valence-electron chi connectivity index (χ1n) is 9.45. The van der Waals surface area contributed by atoms with Crippen molar-refractivity contribution >= 4 is 0 Å². The molecule has 4 rings (SSSR count). The number of H-pyrrole nitrogens is 1. The second kappa shape index (κ2) is 8.35. The minimum atomic E-state index is -0.260. The molecule has 1 saturated heterocycles. The van der Waals surface area contributed by atoms with Crippen LogP contribution in [0.25, 0.3) is 0 Å². The van der Waals surface area contributed by atoms with Crippen molar-refractivity contribution in [3.05, 3.63) is 83.4 Å². The maximum absolute atomic E-state index is 12.9. The number of hydrogen-bond donors (Lipinski definition) is 1. The first-order chi connectivity index (χ1) is 13.3. The third-order valence-corrected chi connectivity index (χ3v) is 5.11. The molecule has 0 saturated carbocycles. The zero-order valence-electron chi connectivity index (χ0n) is 15.3. The molecular weight excluding hydrogens is 341 g/mol. The predicted molar refractivity (Wildman–Crippen MR) is 103 cm³/mol. The van der Waals surface area contributed by atoms with Crippen molar-refractivity contribution in [3.8, 4) is 5.75 Å². The Balaban J connectivity index is 1.26. The van der Waals surface area contributed by atoms with Crippen molar-refractivity contribution in [3.63, 3.8) is 0 Å². The second-order valence-electron chi connectivity index (χ2n) is 7.08. The number of nitrogens with one attached hydrogen (secondary N) is 1. The molecule has 1 aliphatic rings. The molecule has 1 atom stereocenters. The summed E-state index contributed by atoms with van der Waals surface area (Å²) in [5.41, 5.74) is 3.44. The van der Waals surface area contributed by atoms with Gasteiger partial charge in [0.1, 0.15) is 18.2 Å². The van der Waals surface area contributed by atoms with E-state index in [1.54, 1.807) is 12.1 Å². The third kappa shape index (κ3) is 4.74. The van der Waals surface area contributed by atoms with Gasteiger partial charge in [0.15, 0.2) is 0 Å². The van der Waals surface area contributed by atoms with Crippen LogP contribution >= 0.6 is 0 Å². The molecule has 2 heterocycles. The monoisotopic (exact) mass is 365 g/mol. The molecule has 3 aromatic rings. The van der Waals surface area contributed by atoms with Gasteiger partial charge in [-0.3, -0.25) is 5.10 Å². The Kier molecular flexibility index (Phi) is 5.49. The first-order valence-corrected chi connectivity index (χ1v) is 9.45. The summed E-state index contributed by atoms with van der Waals surface area (Å²) in [7, 11) is 0. The van der Waals surface area contributed by atoms with Gasteiger partial charge in [-0.1, -0.05) is 30.3 Å². The number of aromatic nitrogens is 2. The Morgan fingerprint density at radius 3 is 2.74 bits per heavy atom. The van der Waals surface area contributed by atoms with Gasteiger partial charge in [-0.15, -0.1) is 0 Å². The van der Waals surface area contributed by atoms with Crippen LogP contribution in [-0.2, 0) is 13.0 Å². The molecule has 0 amide bonds. The Labute approximate surface area is 159 Å². The Morgan fingerprint density at radius 1 is 1.11 bits per heavy atom. The van der Waals surface area contributed by atoms with Crippen LogP contribution in [0.4, 0.5) is 4.39 Å². The molecule has 0 radical (unpaired) electrons. The average molecular weight is 365 g/mol. The minimum absolute atomic E-state index is 0.260. The lowest BCUT2D eigenvalue weighted by Crippen LogP contribution is -2.23. The smallest absolute Gasteiger partial charge is 0.130 e. The molecule has 140 valence electrons. The van der Waals surface area contributed by atoms with Crippen molar-refractivity contribution in [2.45, 2.75) is 25.4 Å². The van der Waals surface area contributed by atoms with E-state index in [2.05, 4.69) is 51.5 Å². The van der Waals surface area contributed by atoms with Gasteiger partial charge in [-0.2, -0.15) is 5.10 Å². The quantitative estimate of drug-likeness (QED) is 0.684. The Hall–Kier alpha value is -2.66. The summed E-state index contributed by atoms with van der Waals surface area (Å²) in [5, 5.41) is 7.56. The third-order valence-electron chi connectivity index (χ3n) is 5.11. The molecule has 4 nitrogen and oxygen atoms in total. The van der Waals surface area contributed by atoms with Gasteiger partial charge in [0.2, 0.25) is 0 Å². The molecule has 1 N–H and O–H groups in total. The van der Waals surface area contributed by atoms with Gasteiger partial charge in [-0.05, 0) is 55.3 Å². The highest BCUT2D eigenvalue weighted by molar-refractivity contribution is 5.23. The van der Waals surface area contributed by atoms with E-state index in [9.17, 15) is 4.39 Å². The van der Waals surface area contributed by atoms with Crippen molar-refractivity contribution < 1.29 is 9.13 Å². The number of nitrogens with zero attached hydrogens (tertiary/aromatic N) is 2. The number of ether oxygens (including phenoxy) is 1. The number of rotatable bonds is 7. The molecular formula is C22H24FN3O. The van der Waals surface area contributed by atoms with E-state index < -0.39 is 0 Å². The topological polar surface area (TPSA) is 41.1 Å². The van der Waals surface area contributed by atoms with Crippen molar-refractivity contribution in [1.29, 1.82) is 0 Å². The Bertz CT molecular complexity index is 848. The molecule has 0 spiro atoms. The van der Waals surface area contributed by atoms with E-state index in [1.807, 2.05) is 0 Å². The number of benzene rings is 2. The zero-order valence-corrected chi connectivity index (χ0v) is 15.3. The fourth-order valence-corrected chi connectivity index (χ4v) is 3.56. The van der Waals surface area contributed by atoms with E-state index in [-0.39, 0.29) is 5.82 Å². The molecule has 27 heavy (non-hydrogen) atoms. The summed E-state index contributed by atoms with van der Waals surface area (Å²) >= 11 is 0. The van der Waals surface area contributed by atoms with Crippen LogP contribution in [-0.4, -0.2) is 34.7 Å². The van der Waals surface area contributed by atoms with Crippen LogP contribution in [0, 0.1) is 5.82 Å². The number of halogens is 1. The fourth-order valence-electron chi connectivity index (χ4n) is 3.56. The largest absolute Gasteiger partial charge is 0.487 e. The summed E-state index contributed by atoms with van der Waals surface area (Å²) < 4.78 is 18.6. The van der Waals surface area contributed by atoms with Crippen molar-refractivity contribution in [2.75, 3.05) is 19.6 Å². The minimum Gasteiger partial charge on any atom is -0.487 e. The van der Waals surface area contributed by atoms with Crippen molar-refractivity contribution in [1.82, 2.24) is 15.1 Å². The summed E-state index contributed by atoms with van der Waals surface area (Å²) in [5.74, 6) is 0.862. The van der Waals surface area contributed by atoms with Gasteiger partial charge >= 0.3 is 0 Å². The molecule has 0 bridgehead atoms. The molecule has 5 heteroatoms. The highest BCUT2D eigenvalue weighted by Crippen LogP contribution is 2.26. The summed E-state index contributed by atoms with van der Waals surface area (Å²) in [6.07, 6.45) is 2.22. The molecule has 0 aliphatic carbocycles. The van der Waals surface area contributed by atoms with Crippen LogP contribution in [0.5, 0.6) is 5.75 Å². The fraction of sp³-hybridized carbons (Fsp3) is 0.318. The van der Waals surface area contributed by atoms with E-state index in [4.69, 9.17) is 4.74 Å². The van der Waals surface area contributed by atoms with E-state index in [1.165, 1.54) is 17.7 Å². The van der Waals surface area contributed by atoms with Crippen LogP contribution < -0.4 is 4.74 Å². The average Bonchev–Trinajstić information content (AvgIpc) is 3.36. The molecule has 1 fully saturated rings. The summed E-state index contributed by atoms with van der Waals surface area (Å²) in [4.78, 5) is 2.51. The summed E-state index contributed by atoms with van der Waals surface area (Å²) in [6.45, 7) is 3.66. The van der Waals surface area contributed by atoms with Gasteiger partial charge in [-0.25, -0.2) is 4.39 Å². The normalized spacial score (nSPS) is 17.3. The molecule has 2 aromatic carbocycles. The number of aromatic amines is 1. The van der Waals surface area contributed by atoms with Crippen LogP contribution in [0.2, 0.25) is 0 Å². The molecule has 1 aromatic heterocycles. The zero-order chi connectivity index (χ0) is 18.5. The van der Waals surface area contributed by atoms with Crippen LogP contribution in [0.1, 0.15) is 29.3 Å². The van der Waals surface area contributed by atoms with Crippen LogP contribution in [0.3, 0.4) is 0 Å².